The van der Waals surface area contributed by atoms with Gasteiger partial charge in [0.05, 0.1) is 31.6 Å². The number of benzene rings is 2. The third kappa shape index (κ3) is 15.8. The predicted octanol–water partition coefficient (Wildman–Crippen LogP) is 7.58. The van der Waals surface area contributed by atoms with Crippen LogP contribution in [0.15, 0.2) is 140 Å². The van der Waals surface area contributed by atoms with Gasteiger partial charge in [0.2, 0.25) is 0 Å². The summed E-state index contributed by atoms with van der Waals surface area (Å²) in [5.74, 6) is 0. The van der Waals surface area contributed by atoms with Crippen molar-refractivity contribution in [1.82, 2.24) is 19.1 Å². The summed E-state index contributed by atoms with van der Waals surface area (Å²) in [5.41, 5.74) is 0.948. The number of hydrogen-bond donors (Lipinski definition) is 1. The summed E-state index contributed by atoms with van der Waals surface area (Å²) in [6.07, 6.45) is 21.2. The highest BCUT2D eigenvalue weighted by molar-refractivity contribution is 9.10. The number of rotatable bonds is 11. The van der Waals surface area contributed by atoms with E-state index in [-0.39, 0.29) is 17.0 Å². The lowest BCUT2D eigenvalue weighted by molar-refractivity contribution is 0.161. The fourth-order valence-electron chi connectivity index (χ4n) is 2.99. The standard InChI is InChI=1S/C12H13BrN2O.C12H16N2O.C6H6.BrH/c13-11-3-1-10(2-4-11)12(16)5-7-15-8-6-14-9-15;1-2-3-4-5-10-15-11-6-8-14-9-7-13-12-14;1-2-4-6-5-3-1;/h1-4,6,8-9,12,16H,5,7H2;2-5,7,9-10,12H,1,6,8,11H2;1-6H;1H/b;4-3-,10-5+;;. The molecule has 4 aromatic rings. The van der Waals surface area contributed by atoms with E-state index >= 15 is 0 Å². The van der Waals surface area contributed by atoms with Gasteiger partial charge in [-0.15, -0.1) is 17.0 Å². The van der Waals surface area contributed by atoms with Crippen molar-refractivity contribution in [1.29, 1.82) is 0 Å². The van der Waals surface area contributed by atoms with Gasteiger partial charge in [0.15, 0.2) is 0 Å². The predicted molar refractivity (Wildman–Crippen MR) is 164 cm³/mol. The molecule has 0 saturated heterocycles. The van der Waals surface area contributed by atoms with Crippen LogP contribution in [-0.2, 0) is 17.8 Å². The summed E-state index contributed by atoms with van der Waals surface area (Å²) in [6, 6.07) is 19.7. The molecule has 0 amide bonds. The molecule has 2 heterocycles. The van der Waals surface area contributed by atoms with Crippen molar-refractivity contribution in [2.45, 2.75) is 32.0 Å². The lowest BCUT2D eigenvalue weighted by atomic mass is 10.1. The molecule has 1 N–H and O–H groups in total. The van der Waals surface area contributed by atoms with E-state index in [0.29, 0.717) is 6.42 Å². The smallest absolute Gasteiger partial charge is 0.0945 e. The van der Waals surface area contributed by atoms with Crippen molar-refractivity contribution >= 4 is 32.9 Å². The number of halogens is 2. The topological polar surface area (TPSA) is 65.1 Å². The highest BCUT2D eigenvalue weighted by Crippen LogP contribution is 2.19. The SMILES string of the molecule is Br.C=C/C=C\C=C\OCCCn1ccnc1.OC(CCn1ccnc1)c1ccc(Br)cc1.c1ccccc1. The first-order valence-corrected chi connectivity index (χ1v) is 12.9. The Morgan fingerprint density at radius 1 is 0.868 bits per heavy atom. The quantitative estimate of drug-likeness (QED) is 0.104. The van der Waals surface area contributed by atoms with Crippen LogP contribution < -0.4 is 0 Å². The van der Waals surface area contributed by atoms with Crippen LogP contribution in [0, 0.1) is 0 Å². The molecule has 4 rings (SSSR count). The minimum atomic E-state index is -0.421. The maximum absolute atomic E-state index is 9.96. The van der Waals surface area contributed by atoms with Crippen LogP contribution in [0.1, 0.15) is 24.5 Å². The third-order valence-electron chi connectivity index (χ3n) is 4.91. The molecule has 0 aliphatic heterocycles. The van der Waals surface area contributed by atoms with Gasteiger partial charge in [-0.3, -0.25) is 0 Å². The first-order valence-electron chi connectivity index (χ1n) is 12.1. The van der Waals surface area contributed by atoms with Crippen molar-refractivity contribution in [3.8, 4) is 0 Å². The second-order valence-corrected chi connectivity index (χ2v) is 8.70. The summed E-state index contributed by atoms with van der Waals surface area (Å²) in [5, 5.41) is 9.96. The molecule has 1 atom stereocenters. The van der Waals surface area contributed by atoms with E-state index < -0.39 is 6.10 Å². The summed E-state index contributed by atoms with van der Waals surface area (Å²) in [4.78, 5) is 7.92. The van der Waals surface area contributed by atoms with E-state index in [0.717, 1.165) is 36.2 Å². The lowest BCUT2D eigenvalue weighted by Crippen LogP contribution is -2.03. The number of allylic oxidation sites excluding steroid dienone is 4. The van der Waals surface area contributed by atoms with Gasteiger partial charge in [0.25, 0.3) is 0 Å². The first-order chi connectivity index (χ1) is 18.2. The number of ether oxygens (including phenoxy) is 1. The van der Waals surface area contributed by atoms with E-state index in [2.05, 4.69) is 32.5 Å². The van der Waals surface area contributed by atoms with E-state index in [4.69, 9.17) is 4.74 Å². The normalized spacial score (nSPS) is 11.0. The summed E-state index contributed by atoms with van der Waals surface area (Å²) in [7, 11) is 0. The molecule has 6 nitrogen and oxygen atoms in total. The molecule has 8 heteroatoms. The number of imidazole rings is 2. The molecule has 202 valence electrons. The summed E-state index contributed by atoms with van der Waals surface area (Å²) < 4.78 is 10.3. The minimum Gasteiger partial charge on any atom is -0.501 e. The largest absolute Gasteiger partial charge is 0.501 e. The molecule has 2 aromatic heterocycles. The Morgan fingerprint density at radius 2 is 1.45 bits per heavy atom. The van der Waals surface area contributed by atoms with Gasteiger partial charge in [0, 0.05) is 42.3 Å². The number of aryl methyl sites for hydroxylation is 2. The number of aliphatic hydroxyl groups is 1. The molecule has 0 aliphatic carbocycles. The number of nitrogens with zero attached hydrogens (tertiary/aromatic N) is 4. The maximum atomic E-state index is 9.96. The molecule has 2 aromatic carbocycles. The van der Waals surface area contributed by atoms with Crippen LogP contribution in [-0.4, -0.2) is 30.8 Å². The average Bonchev–Trinajstić information content (AvgIpc) is 3.66. The molecule has 0 fully saturated rings. The number of hydrogen-bond acceptors (Lipinski definition) is 4. The van der Waals surface area contributed by atoms with Crippen molar-refractivity contribution < 1.29 is 9.84 Å². The molecule has 1 unspecified atom stereocenters. The van der Waals surface area contributed by atoms with E-state index in [9.17, 15) is 5.11 Å². The Bertz CT molecular complexity index is 1090. The second-order valence-electron chi connectivity index (χ2n) is 7.79. The zero-order valence-corrected chi connectivity index (χ0v) is 24.7. The monoisotopic (exact) mass is 642 g/mol. The van der Waals surface area contributed by atoms with Gasteiger partial charge >= 0.3 is 0 Å². The van der Waals surface area contributed by atoms with Crippen LogP contribution in [0.4, 0.5) is 0 Å². The van der Waals surface area contributed by atoms with E-state index in [1.54, 1.807) is 31.1 Å². The zero-order valence-electron chi connectivity index (χ0n) is 21.4. The molecule has 0 radical (unpaired) electrons. The fourth-order valence-corrected chi connectivity index (χ4v) is 3.25. The van der Waals surface area contributed by atoms with Crippen LogP contribution in [0.2, 0.25) is 0 Å². The first kappa shape index (κ1) is 32.8. The average molecular weight is 644 g/mol. The second kappa shape index (κ2) is 21.8. The van der Waals surface area contributed by atoms with Gasteiger partial charge in [-0.1, -0.05) is 89.3 Å². The number of aliphatic hydroxyl groups excluding tert-OH is 1. The van der Waals surface area contributed by atoms with Gasteiger partial charge in [0.1, 0.15) is 0 Å². The Hall–Kier alpha value is -3.20. The summed E-state index contributed by atoms with van der Waals surface area (Å²) in [6.45, 7) is 6.00. The van der Waals surface area contributed by atoms with E-state index in [1.807, 2.05) is 107 Å². The van der Waals surface area contributed by atoms with Crippen LogP contribution >= 0.6 is 32.9 Å². The Labute approximate surface area is 244 Å². The molecule has 0 aliphatic rings. The Kier molecular flexibility index (Phi) is 18.9. The van der Waals surface area contributed by atoms with Crippen LogP contribution in [0.5, 0.6) is 0 Å². The van der Waals surface area contributed by atoms with Crippen molar-refractivity contribution in [3.05, 3.63) is 145 Å². The molecule has 0 bridgehead atoms. The lowest BCUT2D eigenvalue weighted by Gasteiger charge is -2.11. The van der Waals surface area contributed by atoms with Crippen LogP contribution in [0.25, 0.3) is 0 Å². The Morgan fingerprint density at radius 3 is 1.97 bits per heavy atom. The van der Waals surface area contributed by atoms with Crippen molar-refractivity contribution in [2.24, 2.45) is 0 Å². The molecular formula is C30H36Br2N4O2. The molecule has 0 saturated carbocycles. The fraction of sp³-hybridized carbons (Fsp3) is 0.200. The highest BCUT2D eigenvalue weighted by Gasteiger charge is 2.07. The highest BCUT2D eigenvalue weighted by atomic mass is 79.9. The van der Waals surface area contributed by atoms with Gasteiger partial charge < -0.3 is 19.0 Å². The molecule has 0 spiro atoms. The Balaban J connectivity index is 0.000000306. The zero-order chi connectivity index (χ0) is 26.4. The minimum absolute atomic E-state index is 0. The maximum Gasteiger partial charge on any atom is 0.0945 e. The van der Waals surface area contributed by atoms with Gasteiger partial charge in [-0.2, -0.15) is 0 Å². The number of aromatic nitrogens is 4. The van der Waals surface area contributed by atoms with Crippen LogP contribution in [0.3, 0.4) is 0 Å². The third-order valence-corrected chi connectivity index (χ3v) is 5.44. The van der Waals surface area contributed by atoms with Gasteiger partial charge in [-0.05, 0) is 36.6 Å². The van der Waals surface area contributed by atoms with E-state index in [1.165, 1.54) is 0 Å². The van der Waals surface area contributed by atoms with Crippen molar-refractivity contribution in [3.63, 3.8) is 0 Å². The molecular weight excluding hydrogens is 608 g/mol. The van der Waals surface area contributed by atoms with Crippen molar-refractivity contribution in [2.75, 3.05) is 6.61 Å². The molecule has 38 heavy (non-hydrogen) atoms. The summed E-state index contributed by atoms with van der Waals surface area (Å²) >= 11 is 3.37. The van der Waals surface area contributed by atoms with Gasteiger partial charge in [-0.25, -0.2) is 9.97 Å².